The minimum absolute atomic E-state index is 1.13. The Hall–Kier alpha value is -4.06. The summed E-state index contributed by atoms with van der Waals surface area (Å²) in [6, 6.07) is 0. The molecule has 0 aromatic heterocycles. The van der Waals surface area contributed by atoms with Crippen molar-refractivity contribution < 1.29 is 82.8 Å². The Bertz CT molecular complexity index is 2690. The van der Waals surface area contributed by atoms with Crippen molar-refractivity contribution in [2.45, 2.75) is 64.1 Å². The molecule has 1 aliphatic rings. The average Bonchev–Trinajstić information content (AvgIpc) is 3.37. The first kappa shape index (κ1) is 42.5. The van der Waals surface area contributed by atoms with Crippen LogP contribution in [0.1, 0.15) is 52.7 Å². The van der Waals surface area contributed by atoms with Gasteiger partial charge in [0, 0.05) is 0 Å². The van der Waals surface area contributed by atoms with Crippen LogP contribution in [0.15, 0.2) is 0 Å². The fourth-order valence-electron chi connectivity index (χ4n) is 8.99. The number of rotatable bonds is 6. The van der Waals surface area contributed by atoms with Crippen molar-refractivity contribution >= 4 is 49.6 Å². The molecule has 0 spiro atoms. The van der Waals surface area contributed by atoms with Gasteiger partial charge in [0.25, 0.3) is 0 Å². The zero-order chi connectivity index (χ0) is 43.2. The van der Waals surface area contributed by atoms with Gasteiger partial charge >= 0.3 is 312 Å². The second kappa shape index (κ2) is 13.2. The first-order valence-electron chi connectivity index (χ1n) is 16.3. The molecule has 21 heteroatoms. The summed E-state index contributed by atoms with van der Waals surface area (Å²) in [7, 11) is 0. The molecule has 0 fully saturated rings. The Morgan fingerprint density at radius 1 is 0.368 bits per heavy atom. The monoisotopic (exact) mass is 914 g/mol. The van der Waals surface area contributed by atoms with Crippen molar-refractivity contribution in [2.75, 3.05) is 0 Å². The van der Waals surface area contributed by atoms with Crippen molar-refractivity contribution in [1.82, 2.24) is 0 Å². The van der Waals surface area contributed by atoms with Gasteiger partial charge in [-0.15, -0.1) is 0 Å². The Labute approximate surface area is 311 Å². The predicted molar refractivity (Wildman–Crippen MR) is 172 cm³/mol. The molecule has 0 saturated carbocycles. The fourth-order valence-corrected chi connectivity index (χ4v) is 40.6. The van der Waals surface area contributed by atoms with Gasteiger partial charge in [-0.1, -0.05) is 0 Å². The van der Waals surface area contributed by atoms with E-state index in [1.807, 2.05) is 0 Å². The van der Waals surface area contributed by atoms with E-state index < -0.39 is 187 Å². The first-order chi connectivity index (χ1) is 26.1. The normalized spacial score (nSPS) is 15.1. The number of halogens is 18. The van der Waals surface area contributed by atoms with Crippen LogP contribution < -0.4 is 8.70 Å². The first-order valence-corrected chi connectivity index (χ1v) is 24.0. The number of hydrogen-bond acceptors (Lipinski definition) is 1. The molecule has 1 nitrogen and oxygen atoms in total. The van der Waals surface area contributed by atoms with Gasteiger partial charge in [0.15, 0.2) is 0 Å². The molecule has 306 valence electrons. The Morgan fingerprint density at radius 3 is 1.09 bits per heavy atom. The molecule has 57 heavy (non-hydrogen) atoms. The third-order valence-corrected chi connectivity index (χ3v) is 40.8. The molecule has 1 aliphatic carbocycles. The summed E-state index contributed by atoms with van der Waals surface area (Å²) in [6.45, 7) is 1.77. The van der Waals surface area contributed by atoms with Gasteiger partial charge in [-0.2, -0.15) is 0 Å². The van der Waals surface area contributed by atoms with Gasteiger partial charge in [-0.05, 0) is 0 Å². The molecule has 1 unspecified atom stereocenters. The van der Waals surface area contributed by atoms with Gasteiger partial charge < -0.3 is 0 Å². The molecule has 0 saturated heterocycles. The summed E-state index contributed by atoms with van der Waals surface area (Å²) in [4.78, 5) is 0. The van der Waals surface area contributed by atoms with E-state index in [9.17, 15) is 26.3 Å². The second-order valence-corrected chi connectivity index (χ2v) is 32.1. The van der Waals surface area contributed by atoms with Gasteiger partial charge in [0.2, 0.25) is 0 Å². The van der Waals surface area contributed by atoms with Crippen LogP contribution in [0, 0.1) is 93.1 Å². The van der Waals surface area contributed by atoms with Crippen LogP contribution >= 0.6 is 0 Å². The summed E-state index contributed by atoms with van der Waals surface area (Å²) >= 11 is -7.71. The van der Waals surface area contributed by atoms with E-state index in [1.54, 1.807) is 0 Å². The third kappa shape index (κ3) is 4.88. The maximum absolute atomic E-state index is 17.4. The second-order valence-electron chi connectivity index (χ2n) is 14.3. The van der Waals surface area contributed by atoms with E-state index in [2.05, 4.69) is 0 Å². The molecule has 5 aromatic rings. The molecule has 0 amide bonds. The zero-order valence-electron chi connectivity index (χ0n) is 29.4. The summed E-state index contributed by atoms with van der Waals surface area (Å²) in [5.41, 5.74) is -14.0. The molecular weight excluding hydrogens is 893 g/mol. The van der Waals surface area contributed by atoms with Gasteiger partial charge in [-0.25, -0.2) is 0 Å². The zero-order valence-corrected chi connectivity index (χ0v) is 32.3. The van der Waals surface area contributed by atoms with Gasteiger partial charge in [0.1, 0.15) is 0 Å². The van der Waals surface area contributed by atoms with Crippen LogP contribution in [0.5, 0.6) is 0 Å². The molecule has 6 rings (SSSR count). The average molecular weight is 915 g/mol. The molecule has 0 aliphatic heterocycles. The summed E-state index contributed by atoms with van der Waals surface area (Å²) < 4.78 is 293. The summed E-state index contributed by atoms with van der Waals surface area (Å²) in [6.07, 6.45) is 0. The van der Waals surface area contributed by atoms with Crippen LogP contribution in [0.3, 0.4) is 0 Å². The summed E-state index contributed by atoms with van der Waals surface area (Å²) in [5.74, 6) is -51.4. The van der Waals surface area contributed by atoms with E-state index in [-0.39, 0.29) is 0 Å². The molecule has 5 aromatic carbocycles. The van der Waals surface area contributed by atoms with E-state index in [1.165, 1.54) is 0 Å². The number of alkyl halides is 2. The number of benzene rings is 5. The minimum atomic E-state index is -7.71. The topological polar surface area (TPSA) is 17.1 Å². The Balaban J connectivity index is 2.04. The Morgan fingerprint density at radius 2 is 0.667 bits per heavy atom. The van der Waals surface area contributed by atoms with Crippen LogP contribution in [0.2, 0.25) is 16.6 Å². The Kier molecular flexibility index (Phi) is 9.87. The predicted octanol–water partition coefficient (Wildman–Crippen LogP) is 11.6. The molecule has 0 bridgehead atoms. The molecular formula is C36H21AsF18OSi. The van der Waals surface area contributed by atoms with Crippen molar-refractivity contribution in [2.24, 2.45) is 0 Å². The quantitative estimate of drug-likeness (QED) is 0.0545. The van der Waals surface area contributed by atoms with Crippen molar-refractivity contribution in [3.8, 4) is 11.1 Å². The molecule has 0 heterocycles. The van der Waals surface area contributed by atoms with Crippen LogP contribution in [0.4, 0.5) is 79.0 Å². The maximum atomic E-state index is 17.4. The SMILES string of the molecule is CC(C)[Si](C(C)C)(C(C)C)[As](=O)(c1c(F)c(F)c2c(c1F)-c1c(F)c(F)c(F)c(F)c1C2(F)F)c1c(F)c(F)c(F)c2c(F)c3c(F)c(F)c(F)c(F)c3c(F)c12. The molecule has 0 radical (unpaired) electrons. The number of fused-ring (bicyclic) bond motifs is 5. The third-order valence-electron chi connectivity index (χ3n) is 10.8. The van der Waals surface area contributed by atoms with Crippen molar-refractivity contribution in [3.05, 3.63) is 104 Å². The van der Waals surface area contributed by atoms with Gasteiger partial charge in [0.05, 0.1) is 0 Å². The van der Waals surface area contributed by atoms with E-state index in [0.29, 0.717) is 0 Å². The van der Waals surface area contributed by atoms with E-state index >= 15 is 56.4 Å². The van der Waals surface area contributed by atoms with Crippen LogP contribution in [-0.2, 0) is 9.66 Å². The molecule has 0 N–H and O–H groups in total. The van der Waals surface area contributed by atoms with E-state index in [4.69, 9.17) is 0 Å². The van der Waals surface area contributed by atoms with E-state index in [0.717, 1.165) is 41.5 Å². The summed E-state index contributed by atoms with van der Waals surface area (Å²) in [5, 5.41) is -9.16. The fraction of sp³-hybridized carbons (Fsp3) is 0.278. The standard InChI is InChI=1S/C36H21AsF18OSi/c1-7(2)57(8(3)4,9(5)6)37(56,19-22(40)10-11-17(28(46)35(53)32(50)23(11)41)36(54,55)16(10)27(45)30(19)48)18-12-13(24(42)31(49)29(18)47)21(39)15-14(20(12)38)25(43)33(51)34(52)26(15)44/h7-9H,1-6H3. The van der Waals surface area contributed by atoms with Crippen molar-refractivity contribution in [3.63, 3.8) is 0 Å². The number of hydrogen-bond donors (Lipinski definition) is 0. The molecule has 1 atom stereocenters. The van der Waals surface area contributed by atoms with Crippen molar-refractivity contribution in [1.29, 1.82) is 0 Å². The van der Waals surface area contributed by atoms with Crippen LogP contribution in [0.25, 0.3) is 32.7 Å². The van der Waals surface area contributed by atoms with Crippen LogP contribution in [-0.4, -0.2) is 19.4 Å². The van der Waals surface area contributed by atoms with Gasteiger partial charge in [-0.3, -0.25) is 0 Å².